The maximum atomic E-state index is 13.5. The lowest BCUT2D eigenvalue weighted by Gasteiger charge is -2.34. The van der Waals surface area contributed by atoms with Gasteiger partial charge in [0.1, 0.15) is 17.5 Å². The van der Waals surface area contributed by atoms with E-state index in [0.717, 1.165) is 41.3 Å². The number of aryl methyl sites for hydroxylation is 1. The van der Waals surface area contributed by atoms with Crippen molar-refractivity contribution in [2.24, 2.45) is 15.4 Å². The Hall–Kier alpha value is -2.49. The van der Waals surface area contributed by atoms with E-state index in [1.165, 1.54) is 63.5 Å². The van der Waals surface area contributed by atoms with Crippen LogP contribution in [0.1, 0.15) is 82.3 Å². The van der Waals surface area contributed by atoms with Crippen molar-refractivity contribution in [3.63, 3.8) is 0 Å². The highest BCUT2D eigenvalue weighted by molar-refractivity contribution is 6.14. The monoisotopic (exact) mass is 433 g/mol. The maximum Gasteiger partial charge on any atom is 0.140 e. The van der Waals surface area contributed by atoms with Crippen molar-refractivity contribution in [1.29, 1.82) is 0 Å². The van der Waals surface area contributed by atoms with Gasteiger partial charge in [0.25, 0.3) is 0 Å². The molecule has 0 heterocycles. The van der Waals surface area contributed by atoms with Gasteiger partial charge in [0.05, 0.1) is 6.04 Å². The molecular formula is C28H36FN3. The Bertz CT molecular complexity index is 949. The fourth-order valence-corrected chi connectivity index (χ4v) is 5.03. The lowest BCUT2D eigenvalue weighted by Crippen LogP contribution is -2.32. The van der Waals surface area contributed by atoms with Crippen molar-refractivity contribution in [2.45, 2.75) is 84.1 Å². The molecule has 0 aromatic heterocycles. The van der Waals surface area contributed by atoms with Gasteiger partial charge < -0.3 is 5.32 Å². The highest BCUT2D eigenvalue weighted by Gasteiger charge is 2.34. The van der Waals surface area contributed by atoms with Gasteiger partial charge in [0, 0.05) is 16.7 Å². The molecule has 0 spiro atoms. The molecule has 0 radical (unpaired) electrons. The van der Waals surface area contributed by atoms with Crippen molar-refractivity contribution >= 4 is 17.4 Å². The maximum absolute atomic E-state index is 13.5. The number of halogens is 1. The Kier molecular flexibility index (Phi) is 7.39. The summed E-state index contributed by atoms with van der Waals surface area (Å²) < 4.78 is 13.5. The number of benzene rings is 2. The number of hydrogen-bond acceptors (Lipinski definition) is 1. The first-order valence-electron chi connectivity index (χ1n) is 12.3. The summed E-state index contributed by atoms with van der Waals surface area (Å²) in [5, 5.41) is 3.49. The Labute approximate surface area is 192 Å². The normalized spacial score (nSPS) is 20.2. The number of nitrogens with one attached hydrogen (secondary N) is 1. The summed E-state index contributed by atoms with van der Waals surface area (Å²) in [4.78, 5) is 10.6. The van der Waals surface area contributed by atoms with E-state index in [0.29, 0.717) is 6.04 Å². The molecule has 0 unspecified atom stereocenters. The quantitative estimate of drug-likeness (QED) is 0.389. The van der Waals surface area contributed by atoms with Gasteiger partial charge in [0.2, 0.25) is 0 Å². The van der Waals surface area contributed by atoms with Gasteiger partial charge in [0.15, 0.2) is 0 Å². The second-order valence-corrected chi connectivity index (χ2v) is 9.77. The predicted octanol–water partition coefficient (Wildman–Crippen LogP) is 7.69. The van der Waals surface area contributed by atoms with Crippen molar-refractivity contribution in [3.8, 4) is 0 Å². The van der Waals surface area contributed by atoms with Crippen LogP contribution < -0.4 is 5.32 Å². The van der Waals surface area contributed by atoms with Gasteiger partial charge in [-0.1, -0.05) is 69.7 Å². The smallest absolute Gasteiger partial charge is 0.140 e. The number of nitrogens with zero attached hydrogens (tertiary/aromatic N) is 2. The predicted molar refractivity (Wildman–Crippen MR) is 133 cm³/mol. The molecule has 2 fully saturated rings. The van der Waals surface area contributed by atoms with Crippen molar-refractivity contribution < 1.29 is 4.39 Å². The van der Waals surface area contributed by atoms with Crippen LogP contribution in [0, 0.1) is 18.2 Å². The van der Waals surface area contributed by atoms with Crippen molar-refractivity contribution in [3.05, 3.63) is 65.5 Å². The Morgan fingerprint density at radius 1 is 0.906 bits per heavy atom. The van der Waals surface area contributed by atoms with Gasteiger partial charge in [-0.25, -0.2) is 9.38 Å². The van der Waals surface area contributed by atoms with Crippen LogP contribution in [-0.4, -0.2) is 17.7 Å². The van der Waals surface area contributed by atoms with Crippen LogP contribution >= 0.6 is 0 Å². The molecule has 2 aliphatic carbocycles. The van der Waals surface area contributed by atoms with E-state index < -0.39 is 0 Å². The minimum absolute atomic E-state index is 0.00804. The third-order valence-corrected chi connectivity index (χ3v) is 7.10. The molecule has 4 rings (SSSR count). The summed E-state index contributed by atoms with van der Waals surface area (Å²) in [6, 6.07) is 15.2. The van der Waals surface area contributed by atoms with E-state index in [1.807, 2.05) is 12.1 Å². The summed E-state index contributed by atoms with van der Waals surface area (Å²) >= 11 is 0. The number of hydrogen-bond donors (Lipinski definition) is 1. The van der Waals surface area contributed by atoms with Gasteiger partial charge in [-0.3, -0.25) is 4.99 Å². The first-order chi connectivity index (χ1) is 15.5. The Balaban J connectivity index is 1.77. The summed E-state index contributed by atoms with van der Waals surface area (Å²) in [5.74, 6) is 1.56. The molecule has 2 aromatic carbocycles. The van der Waals surface area contributed by atoms with E-state index in [-0.39, 0.29) is 11.2 Å². The number of aliphatic imine (C=N–C) groups is 2. The SMILES string of the molecule is Cc1ccccc1C(=NC(=NC1CCCCC1)C1(C)CCCCC1)Nc1ccc(F)cc1. The zero-order valence-corrected chi connectivity index (χ0v) is 19.5. The second kappa shape index (κ2) is 10.4. The Morgan fingerprint density at radius 3 is 2.25 bits per heavy atom. The van der Waals surface area contributed by atoms with Crippen LogP contribution in [0.15, 0.2) is 58.5 Å². The van der Waals surface area contributed by atoms with Gasteiger partial charge >= 0.3 is 0 Å². The number of anilines is 1. The average Bonchev–Trinajstić information content (AvgIpc) is 2.81. The third kappa shape index (κ3) is 5.65. The van der Waals surface area contributed by atoms with Crippen LogP contribution in [0.2, 0.25) is 0 Å². The molecule has 0 atom stereocenters. The highest BCUT2D eigenvalue weighted by atomic mass is 19.1. The van der Waals surface area contributed by atoms with E-state index in [4.69, 9.17) is 9.98 Å². The number of amidine groups is 2. The lowest BCUT2D eigenvalue weighted by atomic mass is 9.74. The molecule has 2 saturated carbocycles. The molecule has 4 heteroatoms. The van der Waals surface area contributed by atoms with Gasteiger partial charge in [-0.05, 0) is 62.4 Å². The molecule has 2 aromatic rings. The van der Waals surface area contributed by atoms with E-state index in [2.05, 4.69) is 31.3 Å². The molecule has 32 heavy (non-hydrogen) atoms. The van der Waals surface area contributed by atoms with Crippen molar-refractivity contribution in [2.75, 3.05) is 5.32 Å². The van der Waals surface area contributed by atoms with Crippen LogP contribution in [0.25, 0.3) is 0 Å². The van der Waals surface area contributed by atoms with Gasteiger partial charge in [-0.2, -0.15) is 0 Å². The first kappa shape index (κ1) is 22.7. The standard InChI is InChI=1S/C28H36FN3/c1-21-11-7-8-14-25(21)26(30-24-17-15-22(29)16-18-24)32-27(28(2)19-9-4-10-20-28)31-23-12-5-3-6-13-23/h7-8,11,14-18,23H,3-6,9-10,12-13,19-20H2,1-2H3,(H,30,31,32). The van der Waals surface area contributed by atoms with Gasteiger partial charge in [-0.15, -0.1) is 0 Å². The molecule has 0 aliphatic heterocycles. The number of rotatable bonds is 4. The van der Waals surface area contributed by atoms with Crippen LogP contribution in [0.3, 0.4) is 0 Å². The fourth-order valence-electron chi connectivity index (χ4n) is 5.03. The largest absolute Gasteiger partial charge is 0.340 e. The lowest BCUT2D eigenvalue weighted by molar-refractivity contribution is 0.306. The summed E-state index contributed by atoms with van der Waals surface area (Å²) in [7, 11) is 0. The summed E-state index contributed by atoms with van der Waals surface area (Å²) in [6.45, 7) is 4.46. The summed E-state index contributed by atoms with van der Waals surface area (Å²) in [5.41, 5.74) is 3.06. The zero-order chi connectivity index (χ0) is 22.4. The van der Waals surface area contributed by atoms with E-state index in [1.54, 1.807) is 12.1 Å². The molecule has 0 bridgehead atoms. The van der Waals surface area contributed by atoms with Crippen molar-refractivity contribution in [1.82, 2.24) is 0 Å². The minimum atomic E-state index is -0.237. The molecule has 2 aliphatic rings. The zero-order valence-electron chi connectivity index (χ0n) is 19.5. The van der Waals surface area contributed by atoms with Crippen LogP contribution in [0.5, 0.6) is 0 Å². The molecular weight excluding hydrogens is 397 g/mol. The minimum Gasteiger partial charge on any atom is -0.340 e. The first-order valence-corrected chi connectivity index (χ1v) is 12.3. The molecule has 170 valence electrons. The summed E-state index contributed by atoms with van der Waals surface area (Å²) in [6.07, 6.45) is 12.2. The molecule has 3 nitrogen and oxygen atoms in total. The second-order valence-electron chi connectivity index (χ2n) is 9.77. The molecule has 0 amide bonds. The highest BCUT2D eigenvalue weighted by Crippen LogP contribution is 2.39. The molecule has 0 saturated heterocycles. The van der Waals surface area contributed by atoms with E-state index in [9.17, 15) is 4.39 Å². The van der Waals surface area contributed by atoms with Crippen LogP contribution in [-0.2, 0) is 0 Å². The molecule has 1 N–H and O–H groups in total. The topological polar surface area (TPSA) is 36.8 Å². The third-order valence-electron chi connectivity index (χ3n) is 7.10. The van der Waals surface area contributed by atoms with Crippen LogP contribution in [0.4, 0.5) is 10.1 Å². The van der Waals surface area contributed by atoms with E-state index >= 15 is 0 Å². The Morgan fingerprint density at radius 2 is 1.56 bits per heavy atom. The average molecular weight is 434 g/mol. The fraction of sp³-hybridized carbons (Fsp3) is 0.500.